The zero-order valence-electron chi connectivity index (χ0n) is 16.5. The summed E-state index contributed by atoms with van der Waals surface area (Å²) in [6, 6.07) is 19.7. The molecule has 0 bridgehead atoms. The van der Waals surface area contributed by atoms with E-state index in [0.29, 0.717) is 0 Å². The largest absolute Gasteiger partial charge is 0.271 e. The van der Waals surface area contributed by atoms with Crippen molar-refractivity contribution in [1.29, 1.82) is 0 Å². The molecule has 0 saturated heterocycles. The number of nitrogens with zero attached hydrogens (tertiary/aromatic N) is 2. The second kappa shape index (κ2) is 9.96. The molecular formula is C22H19Cl2N3O3S. The summed E-state index contributed by atoms with van der Waals surface area (Å²) < 4.78 is 27.4. The number of benzene rings is 3. The van der Waals surface area contributed by atoms with E-state index in [1.54, 1.807) is 18.2 Å². The van der Waals surface area contributed by atoms with E-state index >= 15 is 0 Å². The van der Waals surface area contributed by atoms with Crippen LogP contribution in [0.5, 0.6) is 0 Å². The first kappa shape index (κ1) is 22.8. The Morgan fingerprint density at radius 1 is 1.00 bits per heavy atom. The van der Waals surface area contributed by atoms with Crippen molar-refractivity contribution in [2.24, 2.45) is 5.10 Å². The predicted octanol–water partition coefficient (Wildman–Crippen LogP) is 4.65. The van der Waals surface area contributed by atoms with E-state index in [1.807, 2.05) is 31.2 Å². The zero-order valence-corrected chi connectivity index (χ0v) is 18.8. The Balaban J connectivity index is 1.86. The van der Waals surface area contributed by atoms with Crippen molar-refractivity contribution in [2.45, 2.75) is 11.8 Å². The molecule has 160 valence electrons. The predicted molar refractivity (Wildman–Crippen MR) is 124 cm³/mol. The summed E-state index contributed by atoms with van der Waals surface area (Å²) in [5.74, 6) is -0.616. The van der Waals surface area contributed by atoms with Gasteiger partial charge in [0.05, 0.1) is 26.8 Å². The highest BCUT2D eigenvalue weighted by Crippen LogP contribution is 2.30. The summed E-state index contributed by atoms with van der Waals surface area (Å²) in [6.07, 6.45) is 1.49. The maximum atomic E-state index is 13.2. The van der Waals surface area contributed by atoms with E-state index in [2.05, 4.69) is 10.5 Å². The monoisotopic (exact) mass is 475 g/mol. The molecule has 0 aliphatic heterocycles. The molecule has 3 aromatic carbocycles. The van der Waals surface area contributed by atoms with Gasteiger partial charge in [0.1, 0.15) is 6.54 Å². The van der Waals surface area contributed by atoms with Crippen molar-refractivity contribution < 1.29 is 13.2 Å². The van der Waals surface area contributed by atoms with Crippen LogP contribution in [0.25, 0.3) is 0 Å². The number of carbonyl (C=O) groups excluding carboxylic acids is 1. The third-order valence-corrected chi connectivity index (χ3v) is 6.78. The van der Waals surface area contributed by atoms with Crippen LogP contribution in [0.15, 0.2) is 82.8 Å². The molecule has 6 nitrogen and oxygen atoms in total. The van der Waals surface area contributed by atoms with Gasteiger partial charge >= 0.3 is 0 Å². The minimum absolute atomic E-state index is 0.0390. The summed E-state index contributed by atoms with van der Waals surface area (Å²) >= 11 is 12.0. The molecule has 31 heavy (non-hydrogen) atoms. The molecule has 0 aliphatic rings. The van der Waals surface area contributed by atoms with Gasteiger partial charge in [0.15, 0.2) is 0 Å². The smallest absolute Gasteiger partial charge is 0.264 e. The molecule has 3 rings (SSSR count). The van der Waals surface area contributed by atoms with Gasteiger partial charge in [-0.1, -0.05) is 71.2 Å². The van der Waals surface area contributed by atoms with Gasteiger partial charge in [0.2, 0.25) is 0 Å². The normalized spacial score (nSPS) is 11.5. The lowest BCUT2D eigenvalue weighted by molar-refractivity contribution is -0.119. The van der Waals surface area contributed by atoms with Crippen LogP contribution in [-0.4, -0.2) is 27.1 Å². The first-order chi connectivity index (χ1) is 14.8. The summed E-state index contributed by atoms with van der Waals surface area (Å²) in [5, 5.41) is 4.37. The molecule has 0 heterocycles. The number of amides is 1. The van der Waals surface area contributed by atoms with Crippen molar-refractivity contribution in [3.8, 4) is 0 Å². The molecule has 0 aliphatic carbocycles. The van der Waals surface area contributed by atoms with Crippen LogP contribution >= 0.6 is 23.2 Å². The average molecular weight is 476 g/mol. The number of nitrogens with one attached hydrogen (secondary N) is 1. The van der Waals surface area contributed by atoms with Crippen molar-refractivity contribution in [3.63, 3.8) is 0 Å². The van der Waals surface area contributed by atoms with Gasteiger partial charge in [0, 0.05) is 0 Å². The molecule has 0 radical (unpaired) electrons. The molecule has 0 aromatic heterocycles. The highest BCUT2D eigenvalue weighted by molar-refractivity contribution is 7.92. The highest BCUT2D eigenvalue weighted by atomic mass is 35.5. The third-order valence-electron chi connectivity index (χ3n) is 4.25. The molecule has 0 spiro atoms. The number of halogens is 2. The quantitative estimate of drug-likeness (QED) is 0.399. The Hall–Kier alpha value is -2.87. The van der Waals surface area contributed by atoms with Crippen LogP contribution in [0.2, 0.25) is 10.0 Å². The molecule has 9 heteroatoms. The van der Waals surface area contributed by atoms with E-state index in [1.165, 1.54) is 36.5 Å². The van der Waals surface area contributed by atoms with Crippen molar-refractivity contribution >= 4 is 51.0 Å². The number of carbonyl (C=O) groups is 1. The first-order valence-corrected chi connectivity index (χ1v) is 11.4. The summed E-state index contributed by atoms with van der Waals surface area (Å²) in [6.45, 7) is 1.44. The Labute approximate surface area is 191 Å². The topological polar surface area (TPSA) is 78.8 Å². The molecule has 1 amide bonds. The van der Waals surface area contributed by atoms with E-state index in [-0.39, 0.29) is 20.6 Å². The van der Waals surface area contributed by atoms with Gasteiger partial charge in [-0.25, -0.2) is 13.8 Å². The second-order valence-electron chi connectivity index (χ2n) is 6.63. The van der Waals surface area contributed by atoms with Crippen molar-refractivity contribution in [2.75, 3.05) is 10.8 Å². The lowest BCUT2D eigenvalue weighted by atomic mass is 10.2. The molecule has 3 aromatic rings. The van der Waals surface area contributed by atoms with Crippen LogP contribution in [0.3, 0.4) is 0 Å². The maximum absolute atomic E-state index is 13.2. The minimum atomic E-state index is -4.04. The lowest BCUT2D eigenvalue weighted by Crippen LogP contribution is -2.39. The van der Waals surface area contributed by atoms with Crippen molar-refractivity contribution in [3.05, 3.63) is 94.0 Å². The van der Waals surface area contributed by atoms with E-state index in [0.717, 1.165) is 15.4 Å². The standard InChI is InChI=1S/C22H19Cl2N3O3S/c1-16-6-5-7-17(12-16)14-25-26-22(28)15-27(18-10-11-20(23)21(24)13-18)31(29,30)19-8-3-2-4-9-19/h2-14H,15H2,1H3,(H,26,28)/b25-14+. The summed E-state index contributed by atoms with van der Waals surface area (Å²) in [7, 11) is -4.04. The molecule has 0 saturated carbocycles. The Morgan fingerprint density at radius 3 is 2.42 bits per heavy atom. The van der Waals surface area contributed by atoms with Crippen LogP contribution in [-0.2, 0) is 14.8 Å². The van der Waals surface area contributed by atoms with Gasteiger partial charge in [0.25, 0.3) is 15.9 Å². The van der Waals surface area contributed by atoms with Gasteiger partial charge in [-0.3, -0.25) is 9.10 Å². The fourth-order valence-corrected chi connectivity index (χ4v) is 4.50. The first-order valence-electron chi connectivity index (χ1n) is 9.19. The number of hydrazone groups is 1. The molecule has 1 N–H and O–H groups in total. The van der Waals surface area contributed by atoms with Crippen LogP contribution in [0, 0.1) is 6.92 Å². The van der Waals surface area contributed by atoms with Gasteiger partial charge in [-0.05, 0) is 42.8 Å². The number of anilines is 1. The number of rotatable bonds is 7. The van der Waals surface area contributed by atoms with Gasteiger partial charge in [-0.15, -0.1) is 0 Å². The van der Waals surface area contributed by atoms with Gasteiger partial charge < -0.3 is 0 Å². The van der Waals surface area contributed by atoms with Crippen LogP contribution < -0.4 is 9.73 Å². The Bertz CT molecular complexity index is 1220. The fraction of sp³-hybridized carbons (Fsp3) is 0.0909. The molecular weight excluding hydrogens is 457 g/mol. The van der Waals surface area contributed by atoms with Crippen molar-refractivity contribution in [1.82, 2.24) is 5.43 Å². The molecule has 0 atom stereocenters. The molecule has 0 unspecified atom stereocenters. The average Bonchev–Trinajstić information content (AvgIpc) is 2.75. The summed E-state index contributed by atoms with van der Waals surface area (Å²) in [5.41, 5.74) is 4.43. The van der Waals surface area contributed by atoms with E-state index < -0.39 is 22.5 Å². The van der Waals surface area contributed by atoms with Crippen LogP contribution in [0.1, 0.15) is 11.1 Å². The number of hydrogen-bond donors (Lipinski definition) is 1. The van der Waals surface area contributed by atoms with Crippen LogP contribution in [0.4, 0.5) is 5.69 Å². The van der Waals surface area contributed by atoms with E-state index in [9.17, 15) is 13.2 Å². The lowest BCUT2D eigenvalue weighted by Gasteiger charge is -2.24. The number of sulfonamides is 1. The number of aryl methyl sites for hydroxylation is 1. The SMILES string of the molecule is Cc1cccc(/C=N/NC(=O)CN(c2ccc(Cl)c(Cl)c2)S(=O)(=O)c2ccccc2)c1. The maximum Gasteiger partial charge on any atom is 0.264 e. The number of hydrogen-bond acceptors (Lipinski definition) is 4. The minimum Gasteiger partial charge on any atom is -0.271 e. The fourth-order valence-electron chi connectivity index (χ4n) is 2.77. The third kappa shape index (κ3) is 5.85. The molecule has 0 fully saturated rings. The Morgan fingerprint density at radius 2 is 1.74 bits per heavy atom. The van der Waals surface area contributed by atoms with Gasteiger partial charge in [-0.2, -0.15) is 5.10 Å². The highest BCUT2D eigenvalue weighted by Gasteiger charge is 2.27. The Kier molecular flexibility index (Phi) is 7.33. The zero-order chi connectivity index (χ0) is 22.4. The summed E-state index contributed by atoms with van der Waals surface area (Å²) in [4.78, 5) is 12.6. The van der Waals surface area contributed by atoms with E-state index in [4.69, 9.17) is 23.2 Å². The second-order valence-corrected chi connectivity index (χ2v) is 9.31.